The Morgan fingerprint density at radius 2 is 1.14 bits per heavy atom. The third kappa shape index (κ3) is 115. The Labute approximate surface area is 71.7 Å². The van der Waals surface area contributed by atoms with Crippen molar-refractivity contribution in [3.63, 3.8) is 0 Å². The molecule has 0 unspecified atom stereocenters. The van der Waals surface area contributed by atoms with E-state index in [0.717, 1.165) is 0 Å². The van der Waals surface area contributed by atoms with Gasteiger partial charge in [-0.1, -0.05) is 0 Å². The fourth-order valence-corrected chi connectivity index (χ4v) is 0. The summed E-state index contributed by atoms with van der Waals surface area (Å²) >= 11 is 0. The summed E-state index contributed by atoms with van der Waals surface area (Å²) in [5, 5.41) is 0. The number of hydrogen-bond acceptors (Lipinski definition) is 1. The van der Waals surface area contributed by atoms with Crippen LogP contribution in [0.4, 0.5) is 0 Å². The molecule has 0 aliphatic heterocycles. The van der Waals surface area contributed by atoms with Gasteiger partial charge in [0.25, 0.3) is 0 Å². The van der Waals surface area contributed by atoms with Crippen LogP contribution >= 0.6 is 0 Å². The predicted molar refractivity (Wildman–Crippen MR) is 20.0 cm³/mol. The van der Waals surface area contributed by atoms with Crippen LogP contribution in [0.15, 0.2) is 0 Å². The van der Waals surface area contributed by atoms with Gasteiger partial charge in [-0.25, -0.2) is 0 Å². The van der Waals surface area contributed by atoms with E-state index in [1.807, 2.05) is 0 Å². The third-order valence-electron chi connectivity index (χ3n) is 0. The Kier molecular flexibility index (Phi) is 53.3. The third-order valence-corrected chi connectivity index (χ3v) is 0. The second-order valence-corrected chi connectivity index (χ2v) is 2.22. The van der Waals surface area contributed by atoms with Gasteiger partial charge in [0, 0.05) is 23.3 Å². The summed E-state index contributed by atoms with van der Waals surface area (Å²) in [6.07, 6.45) is 3.28. The van der Waals surface area contributed by atoms with Crippen LogP contribution < -0.4 is 24.8 Å². The van der Waals surface area contributed by atoms with Gasteiger partial charge >= 0.3 is 19.5 Å². The van der Waals surface area contributed by atoms with Gasteiger partial charge in [-0.05, 0) is 0 Å². The predicted octanol–water partition coefficient (Wildman–Crippen LogP) is -6.00. The normalized spacial score (nSPS) is 5.00. The van der Waals surface area contributed by atoms with Crippen molar-refractivity contribution in [2.45, 2.75) is 0 Å². The molecule has 0 aromatic carbocycles. The van der Waals surface area contributed by atoms with Crippen LogP contribution in [0.5, 0.6) is 0 Å². The fraction of sp³-hybridized carbons (Fsp3) is 1.00. The molecule has 0 amide bonds. The Morgan fingerprint density at radius 1 is 1.14 bits per heavy atom. The van der Waals surface area contributed by atoms with Crippen molar-refractivity contribution in [1.82, 2.24) is 0 Å². The summed E-state index contributed by atoms with van der Waals surface area (Å²) in [4.78, 5) is 0. The molecular formula is C2H6Cl2ORuS. The van der Waals surface area contributed by atoms with Gasteiger partial charge in [0.2, 0.25) is 0 Å². The van der Waals surface area contributed by atoms with Crippen molar-refractivity contribution in [3.05, 3.63) is 0 Å². The van der Waals surface area contributed by atoms with Crippen LogP contribution in [-0.4, -0.2) is 16.7 Å². The molecule has 0 aliphatic carbocycles. The summed E-state index contributed by atoms with van der Waals surface area (Å²) < 4.78 is 9.56. The molecule has 0 rings (SSSR count). The molecule has 0 aromatic heterocycles. The van der Waals surface area contributed by atoms with Gasteiger partial charge in [0.15, 0.2) is 0 Å². The van der Waals surface area contributed by atoms with Crippen LogP contribution in [0.1, 0.15) is 0 Å². The van der Waals surface area contributed by atoms with Crippen LogP contribution in [-0.2, 0) is 30.3 Å². The van der Waals surface area contributed by atoms with Crippen LogP contribution in [0.2, 0.25) is 0 Å². The maximum Gasteiger partial charge on any atom is 2.00 e. The second kappa shape index (κ2) is 15.7. The summed E-state index contributed by atoms with van der Waals surface area (Å²) in [6, 6.07) is 0. The summed E-state index contributed by atoms with van der Waals surface area (Å²) in [5.41, 5.74) is 0. The number of hydrogen-bond donors (Lipinski definition) is 0. The molecule has 0 aromatic rings. The largest absolute Gasteiger partial charge is 2.00 e. The number of halogens is 2. The maximum absolute atomic E-state index is 9.56. The average Bonchev–Trinajstić information content (AvgIpc) is 0.811. The van der Waals surface area contributed by atoms with Gasteiger partial charge in [-0.3, -0.25) is 4.21 Å². The van der Waals surface area contributed by atoms with Gasteiger partial charge in [0.05, 0.1) is 0 Å². The van der Waals surface area contributed by atoms with E-state index in [1.54, 1.807) is 12.5 Å². The van der Waals surface area contributed by atoms with Crippen LogP contribution in [0.3, 0.4) is 0 Å². The summed E-state index contributed by atoms with van der Waals surface area (Å²) in [7, 11) is -0.611. The molecule has 0 fully saturated rings. The first-order chi connectivity index (χ1) is 1.73. The molecule has 0 spiro atoms. The standard InChI is InChI=1S/C2H6OS.2ClH.Ru/c1-4(2)3;;;/h1-2H3;2*1H;/q;;;+2/p-2. The zero-order chi connectivity index (χ0) is 3.58. The average molecular weight is 250 g/mol. The molecular weight excluding hydrogens is 244 g/mol. The molecule has 7 heavy (non-hydrogen) atoms. The van der Waals surface area contributed by atoms with E-state index in [1.165, 1.54) is 0 Å². The first-order valence-electron chi connectivity index (χ1n) is 0.983. The minimum absolute atomic E-state index is 0. The van der Waals surface area contributed by atoms with E-state index in [-0.39, 0.29) is 44.3 Å². The van der Waals surface area contributed by atoms with Crippen molar-refractivity contribution >= 4 is 10.8 Å². The molecule has 0 heterocycles. The molecule has 5 heteroatoms. The van der Waals surface area contributed by atoms with E-state index in [0.29, 0.717) is 0 Å². The smallest absolute Gasteiger partial charge is 1.00 e. The minimum atomic E-state index is -0.611. The van der Waals surface area contributed by atoms with E-state index >= 15 is 0 Å². The molecule has 0 aliphatic rings. The van der Waals surface area contributed by atoms with Gasteiger partial charge < -0.3 is 24.8 Å². The van der Waals surface area contributed by atoms with E-state index in [9.17, 15) is 4.21 Å². The molecule has 48 valence electrons. The first-order valence-corrected chi connectivity index (χ1v) is 2.95. The van der Waals surface area contributed by atoms with Crippen LogP contribution in [0, 0.1) is 0 Å². The Hall–Kier alpha value is 1.35. The Bertz CT molecular complexity index is 38.7. The Morgan fingerprint density at radius 3 is 1.14 bits per heavy atom. The molecule has 0 saturated carbocycles. The number of rotatable bonds is 0. The Balaban J connectivity index is -0.0000000150. The molecule has 0 N–H and O–H groups in total. The van der Waals surface area contributed by atoms with Gasteiger partial charge in [-0.15, -0.1) is 0 Å². The van der Waals surface area contributed by atoms with Crippen molar-refractivity contribution < 1.29 is 48.5 Å². The first kappa shape index (κ1) is 23.8. The van der Waals surface area contributed by atoms with E-state index in [2.05, 4.69) is 0 Å². The zero-order valence-corrected chi connectivity index (χ0v) is 7.99. The molecule has 0 atom stereocenters. The zero-order valence-electron chi connectivity index (χ0n) is 3.93. The van der Waals surface area contributed by atoms with Gasteiger partial charge in [0.1, 0.15) is 0 Å². The summed E-state index contributed by atoms with van der Waals surface area (Å²) in [6.45, 7) is 0. The molecule has 0 bridgehead atoms. The summed E-state index contributed by atoms with van der Waals surface area (Å²) in [5.74, 6) is 0. The SMILES string of the molecule is CS(C)=O.[Cl-].[Cl-].[Ru+2]. The second-order valence-electron chi connectivity index (χ2n) is 0.742. The minimum Gasteiger partial charge on any atom is -1.00 e. The van der Waals surface area contributed by atoms with Crippen molar-refractivity contribution in [2.75, 3.05) is 12.5 Å². The van der Waals surface area contributed by atoms with E-state index < -0.39 is 10.8 Å². The van der Waals surface area contributed by atoms with Gasteiger partial charge in [-0.2, -0.15) is 0 Å². The monoisotopic (exact) mass is 250 g/mol. The molecule has 1 nitrogen and oxygen atoms in total. The molecule has 0 radical (unpaired) electrons. The van der Waals surface area contributed by atoms with Crippen molar-refractivity contribution in [1.29, 1.82) is 0 Å². The fourth-order valence-electron chi connectivity index (χ4n) is 0. The molecule has 0 saturated heterocycles. The van der Waals surface area contributed by atoms with Crippen LogP contribution in [0.25, 0.3) is 0 Å². The maximum atomic E-state index is 9.56. The topological polar surface area (TPSA) is 17.1 Å². The van der Waals surface area contributed by atoms with E-state index in [4.69, 9.17) is 0 Å². The van der Waals surface area contributed by atoms with Crippen molar-refractivity contribution in [3.8, 4) is 0 Å². The van der Waals surface area contributed by atoms with Crippen molar-refractivity contribution in [2.24, 2.45) is 0 Å². The quantitative estimate of drug-likeness (QED) is 0.391.